The molecule has 3 amide bonds. The first kappa shape index (κ1) is 19.6. The van der Waals surface area contributed by atoms with Crippen molar-refractivity contribution in [1.29, 1.82) is 0 Å². The molecule has 0 aromatic heterocycles. The number of piperidine rings is 1. The number of carbonyl (C=O) groups is 3. The van der Waals surface area contributed by atoms with E-state index in [9.17, 15) is 14.4 Å². The van der Waals surface area contributed by atoms with Crippen LogP contribution in [0.3, 0.4) is 0 Å². The number of benzene rings is 2. The predicted molar refractivity (Wildman–Crippen MR) is 116 cm³/mol. The Morgan fingerprint density at radius 3 is 2.55 bits per heavy atom. The van der Waals surface area contributed by atoms with Gasteiger partial charge in [0.2, 0.25) is 11.8 Å². The van der Waals surface area contributed by atoms with Gasteiger partial charge >= 0.3 is 0 Å². The maximum Gasteiger partial charge on any atom is 0.255 e. The number of carbonyl (C=O) groups excluding carboxylic acids is 3. The molecular formula is C23H25N5O3. The Bertz CT molecular complexity index is 1050. The maximum absolute atomic E-state index is 12.9. The zero-order chi connectivity index (χ0) is 21.5. The molecule has 4 N–H and O–H groups in total. The maximum atomic E-state index is 12.9. The standard InChI is InChI=1S/C23H25N5O3/c24-15-11-27(12-15)17-6-4-16(5-7-17)25-10-14-2-1-3-18-19(14)13-28(23(18)31)20-8-9-21(29)26-22(20)30/h1-7,15,20,25H,8-13,24H2,(H,26,29,30). The molecule has 31 heavy (non-hydrogen) atoms. The van der Waals surface area contributed by atoms with Gasteiger partial charge in [0.1, 0.15) is 6.04 Å². The quantitative estimate of drug-likeness (QED) is 0.629. The number of hydrogen-bond acceptors (Lipinski definition) is 6. The molecule has 3 aliphatic rings. The second-order valence-electron chi connectivity index (χ2n) is 8.41. The van der Waals surface area contributed by atoms with Crippen LogP contribution in [0.4, 0.5) is 11.4 Å². The lowest BCUT2D eigenvalue weighted by Crippen LogP contribution is -2.55. The molecule has 5 rings (SSSR count). The minimum absolute atomic E-state index is 0.150. The van der Waals surface area contributed by atoms with Crippen molar-refractivity contribution >= 4 is 29.1 Å². The highest BCUT2D eigenvalue weighted by Crippen LogP contribution is 2.30. The highest BCUT2D eigenvalue weighted by atomic mass is 16.2. The van der Waals surface area contributed by atoms with E-state index < -0.39 is 6.04 Å². The highest BCUT2D eigenvalue weighted by Gasteiger charge is 2.39. The first-order valence-corrected chi connectivity index (χ1v) is 10.6. The van der Waals surface area contributed by atoms with Crippen molar-refractivity contribution in [3.8, 4) is 0 Å². The zero-order valence-corrected chi connectivity index (χ0v) is 17.1. The van der Waals surface area contributed by atoms with Crippen LogP contribution < -0.4 is 21.3 Å². The van der Waals surface area contributed by atoms with E-state index in [4.69, 9.17) is 5.73 Å². The van der Waals surface area contributed by atoms with Gasteiger partial charge in [-0.05, 0) is 47.9 Å². The van der Waals surface area contributed by atoms with Crippen molar-refractivity contribution in [1.82, 2.24) is 10.2 Å². The monoisotopic (exact) mass is 419 g/mol. The van der Waals surface area contributed by atoms with Gasteiger partial charge in [0.05, 0.1) is 0 Å². The van der Waals surface area contributed by atoms with Gasteiger partial charge in [-0.25, -0.2) is 0 Å². The summed E-state index contributed by atoms with van der Waals surface area (Å²) in [6.45, 7) is 2.74. The topological polar surface area (TPSA) is 108 Å². The minimum atomic E-state index is -0.597. The molecule has 0 spiro atoms. The summed E-state index contributed by atoms with van der Waals surface area (Å²) < 4.78 is 0. The Morgan fingerprint density at radius 1 is 1.06 bits per heavy atom. The Morgan fingerprint density at radius 2 is 1.84 bits per heavy atom. The molecule has 160 valence electrons. The summed E-state index contributed by atoms with van der Waals surface area (Å²) in [5, 5.41) is 5.77. The number of imide groups is 1. The highest BCUT2D eigenvalue weighted by molar-refractivity contribution is 6.05. The normalized spacial score (nSPS) is 21.1. The van der Waals surface area contributed by atoms with Crippen LogP contribution in [-0.2, 0) is 22.7 Å². The first-order chi connectivity index (χ1) is 15.0. The van der Waals surface area contributed by atoms with Crippen LogP contribution in [-0.4, -0.2) is 47.8 Å². The Hall–Kier alpha value is -3.39. The average molecular weight is 419 g/mol. The fraction of sp³-hybridized carbons (Fsp3) is 0.348. The van der Waals surface area contributed by atoms with Crippen LogP contribution in [0.15, 0.2) is 42.5 Å². The number of amides is 3. The largest absolute Gasteiger partial charge is 0.381 e. The molecule has 2 aromatic carbocycles. The van der Waals surface area contributed by atoms with E-state index in [1.807, 2.05) is 24.3 Å². The number of anilines is 2. The van der Waals surface area contributed by atoms with Crippen molar-refractivity contribution in [2.75, 3.05) is 23.3 Å². The van der Waals surface area contributed by atoms with Gasteiger partial charge in [0, 0.05) is 55.6 Å². The molecule has 2 aromatic rings. The molecule has 0 aliphatic carbocycles. The van der Waals surface area contributed by atoms with Gasteiger partial charge < -0.3 is 20.9 Å². The van der Waals surface area contributed by atoms with E-state index in [-0.39, 0.29) is 30.2 Å². The molecule has 1 atom stereocenters. The third kappa shape index (κ3) is 3.63. The van der Waals surface area contributed by atoms with Crippen molar-refractivity contribution in [3.05, 3.63) is 59.2 Å². The predicted octanol–water partition coefficient (Wildman–Crippen LogP) is 1.21. The van der Waals surface area contributed by atoms with Gasteiger partial charge in [-0.1, -0.05) is 12.1 Å². The van der Waals surface area contributed by atoms with Crippen molar-refractivity contribution < 1.29 is 14.4 Å². The second-order valence-corrected chi connectivity index (χ2v) is 8.41. The van der Waals surface area contributed by atoms with Crippen LogP contribution in [0.1, 0.15) is 34.3 Å². The van der Waals surface area contributed by atoms with E-state index in [0.29, 0.717) is 25.1 Å². The Kier molecular flexibility index (Phi) is 4.86. The number of nitrogens with two attached hydrogens (primary N) is 1. The van der Waals surface area contributed by atoms with Gasteiger partial charge in [-0.2, -0.15) is 0 Å². The molecule has 2 saturated heterocycles. The fourth-order valence-electron chi connectivity index (χ4n) is 4.53. The number of fused-ring (bicyclic) bond motifs is 1. The lowest BCUT2D eigenvalue weighted by atomic mass is 10.0. The van der Waals surface area contributed by atoms with Crippen molar-refractivity contribution in [2.24, 2.45) is 5.73 Å². The number of hydrogen-bond donors (Lipinski definition) is 3. The fourth-order valence-corrected chi connectivity index (χ4v) is 4.53. The van der Waals surface area contributed by atoms with E-state index in [2.05, 4.69) is 27.7 Å². The summed E-state index contributed by atoms with van der Waals surface area (Å²) in [4.78, 5) is 40.5. The van der Waals surface area contributed by atoms with Crippen LogP contribution in [0, 0.1) is 0 Å². The smallest absolute Gasteiger partial charge is 0.255 e. The molecular weight excluding hydrogens is 394 g/mol. The molecule has 8 nitrogen and oxygen atoms in total. The second kappa shape index (κ2) is 7.70. The average Bonchev–Trinajstić information content (AvgIpc) is 3.07. The SMILES string of the molecule is NC1CN(c2ccc(NCc3cccc4c3CN(C3CCC(=O)NC3=O)C4=O)cc2)C1. The van der Waals surface area contributed by atoms with E-state index in [0.717, 1.165) is 29.9 Å². The molecule has 0 bridgehead atoms. The Balaban J connectivity index is 1.27. The summed E-state index contributed by atoms with van der Waals surface area (Å²) in [6.07, 6.45) is 0.622. The van der Waals surface area contributed by atoms with Crippen molar-refractivity contribution in [3.63, 3.8) is 0 Å². The van der Waals surface area contributed by atoms with E-state index in [1.165, 1.54) is 5.69 Å². The third-order valence-corrected chi connectivity index (χ3v) is 6.30. The summed E-state index contributed by atoms with van der Waals surface area (Å²) in [6, 6.07) is 13.6. The van der Waals surface area contributed by atoms with Crippen LogP contribution in [0.5, 0.6) is 0 Å². The van der Waals surface area contributed by atoms with E-state index in [1.54, 1.807) is 11.0 Å². The third-order valence-electron chi connectivity index (χ3n) is 6.30. The molecule has 3 aliphatic heterocycles. The molecule has 2 fully saturated rings. The van der Waals surface area contributed by atoms with Crippen LogP contribution in [0.2, 0.25) is 0 Å². The molecule has 1 unspecified atom stereocenters. The number of nitrogens with one attached hydrogen (secondary N) is 2. The van der Waals surface area contributed by atoms with Crippen LogP contribution in [0.25, 0.3) is 0 Å². The Labute approximate surface area is 180 Å². The lowest BCUT2D eigenvalue weighted by molar-refractivity contribution is -0.136. The van der Waals surface area contributed by atoms with E-state index >= 15 is 0 Å². The summed E-state index contributed by atoms with van der Waals surface area (Å²) in [7, 11) is 0. The van der Waals surface area contributed by atoms with Gasteiger partial charge in [0.25, 0.3) is 5.91 Å². The molecule has 8 heteroatoms. The lowest BCUT2D eigenvalue weighted by Gasteiger charge is -2.38. The van der Waals surface area contributed by atoms with Crippen LogP contribution >= 0.6 is 0 Å². The molecule has 0 radical (unpaired) electrons. The van der Waals surface area contributed by atoms with Crippen molar-refractivity contribution in [2.45, 2.75) is 38.0 Å². The molecule has 3 heterocycles. The molecule has 0 saturated carbocycles. The van der Waals surface area contributed by atoms with Gasteiger partial charge in [-0.15, -0.1) is 0 Å². The first-order valence-electron chi connectivity index (χ1n) is 10.6. The summed E-state index contributed by atoms with van der Waals surface area (Å²) in [5.41, 5.74) is 10.6. The van der Waals surface area contributed by atoms with Gasteiger partial charge in [-0.3, -0.25) is 19.7 Å². The minimum Gasteiger partial charge on any atom is -0.381 e. The number of nitrogens with zero attached hydrogens (tertiary/aromatic N) is 2. The summed E-state index contributed by atoms with van der Waals surface area (Å²) in [5.74, 6) is -0.818. The van der Waals surface area contributed by atoms with Gasteiger partial charge in [0.15, 0.2) is 0 Å². The number of rotatable bonds is 5. The zero-order valence-electron chi connectivity index (χ0n) is 17.1. The summed E-state index contributed by atoms with van der Waals surface area (Å²) >= 11 is 0.